The highest BCUT2D eigenvalue weighted by Crippen LogP contribution is 2.67. The predicted octanol–water partition coefficient (Wildman–Crippen LogP) is 13.3. The normalized spacial score (nSPS) is 48.1. The topological polar surface area (TPSA) is 0 Å². The largest absolute Gasteiger partial charge is 0.0689 e. The summed E-state index contributed by atoms with van der Waals surface area (Å²) in [6.07, 6.45) is 25.0. The van der Waals surface area contributed by atoms with Crippen molar-refractivity contribution in [3.05, 3.63) is 0 Å². The third-order valence-electron chi connectivity index (χ3n) is 16.7. The highest BCUT2D eigenvalue weighted by molar-refractivity contribution is 6.80. The molecular weight excluding hydrogens is 533 g/mol. The molecule has 248 valence electrons. The number of hydrogen-bond acceptors (Lipinski definition) is 0. The highest BCUT2D eigenvalue weighted by Gasteiger charge is 2.60. The molecule has 0 aromatic rings. The Kier molecular flexibility index (Phi) is 9.51. The summed E-state index contributed by atoms with van der Waals surface area (Å²) in [5, 5.41) is 0. The second-order valence-corrected chi connectivity index (χ2v) is 26.1. The number of hydrogen-bond donors (Lipinski definition) is 0. The van der Waals surface area contributed by atoms with Crippen LogP contribution in [0.25, 0.3) is 0 Å². The van der Waals surface area contributed by atoms with Crippen LogP contribution >= 0.6 is 0 Å². The van der Waals surface area contributed by atoms with Crippen LogP contribution in [0, 0.1) is 81.8 Å². The van der Waals surface area contributed by atoms with Gasteiger partial charge in [-0.3, -0.25) is 0 Å². The maximum atomic E-state index is 2.97. The molecule has 6 rings (SSSR count). The summed E-state index contributed by atoms with van der Waals surface area (Å²) in [4.78, 5) is 0. The van der Waals surface area contributed by atoms with Gasteiger partial charge in [0.2, 0.25) is 0 Å². The van der Waals surface area contributed by atoms with Crippen LogP contribution < -0.4 is 0 Å². The number of fused-ring (bicyclic) bond motifs is 2. The Bertz CT molecular complexity index is 844. The summed E-state index contributed by atoms with van der Waals surface area (Å²) < 4.78 is 0. The minimum atomic E-state index is -1.41. The van der Waals surface area contributed by atoms with Crippen LogP contribution in [0.2, 0.25) is 24.2 Å². The van der Waals surface area contributed by atoms with E-state index in [1.54, 1.807) is 77.0 Å². The first-order chi connectivity index (χ1) is 20.2. The lowest BCUT2D eigenvalue weighted by Crippen LogP contribution is -2.48. The molecule has 6 aliphatic rings. The molecule has 10 unspecified atom stereocenters. The van der Waals surface area contributed by atoms with Gasteiger partial charge in [0.05, 0.1) is 8.07 Å². The Morgan fingerprint density at radius 3 is 1.07 bits per heavy atom. The van der Waals surface area contributed by atoms with Crippen molar-refractivity contribution in [2.75, 3.05) is 0 Å². The maximum Gasteiger partial charge on any atom is 0.0546 e. The van der Waals surface area contributed by atoms with Crippen molar-refractivity contribution in [1.82, 2.24) is 0 Å². The monoisotopic (exact) mass is 609 g/mol. The molecule has 0 amide bonds. The van der Waals surface area contributed by atoms with Gasteiger partial charge in [-0.15, -0.1) is 0 Å². The van der Waals surface area contributed by atoms with E-state index in [0.29, 0.717) is 10.8 Å². The van der Waals surface area contributed by atoms with Crippen molar-refractivity contribution in [3.8, 4) is 0 Å². The van der Waals surface area contributed by atoms with Crippen LogP contribution in [0.4, 0.5) is 0 Å². The van der Waals surface area contributed by atoms with E-state index in [0.717, 1.165) is 82.1 Å². The highest BCUT2D eigenvalue weighted by atomic mass is 28.3. The molecule has 0 heterocycles. The van der Waals surface area contributed by atoms with Crippen molar-refractivity contribution in [3.63, 3.8) is 0 Å². The van der Waals surface area contributed by atoms with Crippen molar-refractivity contribution < 1.29 is 0 Å². The quantitative estimate of drug-likeness (QED) is 0.278. The lowest BCUT2D eigenvalue weighted by Gasteiger charge is -2.50. The third kappa shape index (κ3) is 6.29. The van der Waals surface area contributed by atoms with E-state index in [1.807, 2.05) is 0 Å². The zero-order chi connectivity index (χ0) is 30.9. The lowest BCUT2D eigenvalue weighted by molar-refractivity contribution is 0.0620. The fourth-order valence-electron chi connectivity index (χ4n) is 15.0. The number of rotatable bonds is 4. The first-order valence-corrected chi connectivity index (χ1v) is 23.3. The van der Waals surface area contributed by atoms with Crippen molar-refractivity contribution in [2.24, 2.45) is 81.8 Å². The summed E-state index contributed by atoms with van der Waals surface area (Å²) >= 11 is 0. The van der Waals surface area contributed by atoms with E-state index in [1.165, 1.54) is 25.7 Å². The van der Waals surface area contributed by atoms with E-state index in [2.05, 4.69) is 68.5 Å². The summed E-state index contributed by atoms with van der Waals surface area (Å²) in [6.45, 7) is 26.5. The standard InChI is InChI=1S/C42H76Si/c1-27-25-37-33(29-17-21-31(22-18-29)41(3,4)5)13-11-15-35(37)39(27)43(9,10)40-28(2)26-38-34(14-12-16-36(38)40)30-19-23-32(24-20-30)42(6,7)8/h27-40H,11-26H2,1-10H3. The van der Waals surface area contributed by atoms with Crippen LogP contribution in [0.1, 0.15) is 158 Å². The molecule has 6 saturated carbocycles. The molecule has 6 aliphatic carbocycles. The van der Waals surface area contributed by atoms with Crippen LogP contribution in [0.5, 0.6) is 0 Å². The molecule has 0 aliphatic heterocycles. The smallest absolute Gasteiger partial charge is 0.0546 e. The minimum absolute atomic E-state index is 0.516. The van der Waals surface area contributed by atoms with Gasteiger partial charge in [0, 0.05) is 0 Å². The van der Waals surface area contributed by atoms with E-state index in [9.17, 15) is 0 Å². The van der Waals surface area contributed by atoms with Gasteiger partial charge in [0.15, 0.2) is 0 Å². The molecule has 0 nitrogen and oxygen atoms in total. The molecular formula is C42H76Si. The lowest BCUT2D eigenvalue weighted by atomic mass is 9.61. The Morgan fingerprint density at radius 1 is 0.419 bits per heavy atom. The minimum Gasteiger partial charge on any atom is -0.0689 e. The van der Waals surface area contributed by atoms with E-state index >= 15 is 0 Å². The van der Waals surface area contributed by atoms with Crippen molar-refractivity contribution in [1.29, 1.82) is 0 Å². The molecule has 0 spiro atoms. The van der Waals surface area contributed by atoms with Crippen LogP contribution in [-0.4, -0.2) is 8.07 Å². The third-order valence-corrected chi connectivity index (χ3v) is 22.1. The first-order valence-electron chi connectivity index (χ1n) is 20.2. The molecule has 0 N–H and O–H groups in total. The van der Waals surface area contributed by atoms with Gasteiger partial charge in [0.1, 0.15) is 0 Å². The molecule has 1 heteroatoms. The summed E-state index contributed by atoms with van der Waals surface area (Å²) in [5.41, 5.74) is 3.25. The average Bonchev–Trinajstić information content (AvgIpc) is 3.48. The van der Waals surface area contributed by atoms with Crippen molar-refractivity contribution in [2.45, 2.75) is 182 Å². The molecule has 0 bridgehead atoms. The molecule has 0 aromatic heterocycles. The summed E-state index contributed by atoms with van der Waals surface area (Å²) in [7, 11) is -1.41. The van der Waals surface area contributed by atoms with Gasteiger partial charge in [-0.2, -0.15) is 0 Å². The summed E-state index contributed by atoms with van der Waals surface area (Å²) in [6, 6.07) is 0. The summed E-state index contributed by atoms with van der Waals surface area (Å²) in [5.74, 6) is 12.6. The Balaban J connectivity index is 1.15. The van der Waals surface area contributed by atoms with Crippen LogP contribution in [0.15, 0.2) is 0 Å². The van der Waals surface area contributed by atoms with E-state index in [-0.39, 0.29) is 0 Å². The van der Waals surface area contributed by atoms with Gasteiger partial charge in [-0.05, 0) is 170 Å². The van der Waals surface area contributed by atoms with Crippen molar-refractivity contribution >= 4 is 8.07 Å². The average molecular weight is 609 g/mol. The molecule has 10 atom stereocenters. The van der Waals surface area contributed by atoms with Crippen LogP contribution in [-0.2, 0) is 0 Å². The predicted molar refractivity (Wildman–Crippen MR) is 191 cm³/mol. The van der Waals surface area contributed by atoms with Crippen LogP contribution in [0.3, 0.4) is 0 Å². The Hall–Kier alpha value is 0.217. The zero-order valence-electron chi connectivity index (χ0n) is 30.9. The second kappa shape index (κ2) is 12.3. The molecule has 0 radical (unpaired) electrons. The fraction of sp³-hybridized carbons (Fsp3) is 1.00. The molecule has 43 heavy (non-hydrogen) atoms. The van der Waals surface area contributed by atoms with Gasteiger partial charge >= 0.3 is 0 Å². The van der Waals surface area contributed by atoms with E-state index in [4.69, 9.17) is 0 Å². The van der Waals surface area contributed by atoms with Gasteiger partial charge in [-0.1, -0.05) is 94.2 Å². The molecule has 0 aromatic carbocycles. The fourth-order valence-corrected chi connectivity index (χ4v) is 21.7. The van der Waals surface area contributed by atoms with E-state index < -0.39 is 8.07 Å². The van der Waals surface area contributed by atoms with Gasteiger partial charge in [0.25, 0.3) is 0 Å². The van der Waals surface area contributed by atoms with Gasteiger partial charge in [-0.25, -0.2) is 0 Å². The molecule has 0 saturated heterocycles. The maximum absolute atomic E-state index is 2.97. The Morgan fingerprint density at radius 2 is 0.744 bits per heavy atom. The Labute approximate surface area is 271 Å². The second-order valence-electron chi connectivity index (χ2n) is 21.1. The SMILES string of the molecule is CC1CC2C(C3CCC(C(C)(C)C)CC3)CCCC2C1[Si](C)(C)C1C(C)CC2C(C3CCC(C(C)(C)C)CC3)CCCC21. The first kappa shape index (κ1) is 33.1. The zero-order valence-corrected chi connectivity index (χ0v) is 31.9. The molecule has 6 fully saturated rings. The van der Waals surface area contributed by atoms with Gasteiger partial charge < -0.3 is 0 Å².